The average Bonchev–Trinajstić information content (AvgIpc) is 3.58. The third-order valence-corrected chi connectivity index (χ3v) is 7.73. The Bertz CT molecular complexity index is 1600. The van der Waals surface area contributed by atoms with Crippen molar-refractivity contribution < 1.29 is 38.4 Å². The van der Waals surface area contributed by atoms with Gasteiger partial charge < -0.3 is 28.8 Å². The number of carbonyl (C=O) groups excluding carboxylic acids is 2. The van der Waals surface area contributed by atoms with Crippen molar-refractivity contribution in [2.75, 3.05) is 28.4 Å². The topological polar surface area (TPSA) is 154 Å². The van der Waals surface area contributed by atoms with Crippen LogP contribution in [0.5, 0.6) is 23.0 Å². The minimum Gasteiger partial charge on any atom is -0.507 e. The fourth-order valence-electron chi connectivity index (χ4n) is 5.18. The monoisotopic (exact) mass is 596 g/mol. The zero-order valence-corrected chi connectivity index (χ0v) is 24.3. The van der Waals surface area contributed by atoms with Crippen LogP contribution < -0.4 is 18.9 Å². The van der Waals surface area contributed by atoms with Gasteiger partial charge in [-0.2, -0.15) is 5.10 Å². The molecule has 12 nitrogen and oxygen atoms in total. The number of fused-ring (bicyclic) bond motifs is 1. The first-order chi connectivity index (χ1) is 20.2. The van der Waals surface area contributed by atoms with E-state index in [-0.39, 0.29) is 46.4 Å². The van der Waals surface area contributed by atoms with E-state index in [1.54, 1.807) is 38.3 Å². The van der Waals surface area contributed by atoms with E-state index >= 15 is 0 Å². The summed E-state index contributed by atoms with van der Waals surface area (Å²) in [6, 6.07) is 7.78. The Morgan fingerprint density at radius 3 is 2.52 bits per heavy atom. The van der Waals surface area contributed by atoms with Crippen LogP contribution in [0.15, 0.2) is 46.7 Å². The van der Waals surface area contributed by atoms with Crippen molar-refractivity contribution in [1.82, 2.24) is 15.2 Å². The second kappa shape index (κ2) is 11.5. The van der Waals surface area contributed by atoms with Crippen LogP contribution in [0.25, 0.3) is 0 Å². The summed E-state index contributed by atoms with van der Waals surface area (Å²) in [6.07, 6.45) is 1.12. The number of aromatic amines is 1. The Hall–Kier alpha value is -4.42. The van der Waals surface area contributed by atoms with Crippen LogP contribution in [0, 0.1) is 5.92 Å². The minimum absolute atomic E-state index is 0.00408. The third-order valence-electron chi connectivity index (χ3n) is 7.37. The zero-order chi connectivity index (χ0) is 30.2. The van der Waals surface area contributed by atoms with Gasteiger partial charge in [-0.05, 0) is 17.7 Å². The zero-order valence-electron chi connectivity index (χ0n) is 23.6. The number of H-pyrrole nitrogens is 1. The molecule has 2 aromatic carbocycles. The summed E-state index contributed by atoms with van der Waals surface area (Å²) >= 11 is 6.51. The number of methoxy groups -OCH3 is 4. The lowest BCUT2D eigenvalue weighted by Gasteiger charge is -2.36. The Morgan fingerprint density at radius 1 is 1.17 bits per heavy atom. The van der Waals surface area contributed by atoms with E-state index in [2.05, 4.69) is 20.2 Å². The van der Waals surface area contributed by atoms with Gasteiger partial charge in [0.15, 0.2) is 28.9 Å². The molecule has 0 radical (unpaired) electrons. The lowest BCUT2D eigenvalue weighted by molar-refractivity contribution is -0.118. The maximum absolute atomic E-state index is 14.0. The van der Waals surface area contributed by atoms with Crippen LogP contribution in [0.4, 0.5) is 0 Å². The first-order valence-corrected chi connectivity index (χ1v) is 13.3. The van der Waals surface area contributed by atoms with Gasteiger partial charge in [-0.25, -0.2) is 4.98 Å². The first-order valence-electron chi connectivity index (χ1n) is 12.9. The van der Waals surface area contributed by atoms with Crippen LogP contribution in [0.1, 0.15) is 47.0 Å². The maximum atomic E-state index is 14.0. The van der Waals surface area contributed by atoms with Crippen LogP contribution in [-0.2, 0) is 16.1 Å². The number of hydrogen-bond acceptors (Lipinski definition) is 11. The summed E-state index contributed by atoms with van der Waals surface area (Å²) in [5.41, 5.74) is -1.37. The number of halogens is 1. The van der Waals surface area contributed by atoms with Gasteiger partial charge in [-0.1, -0.05) is 30.7 Å². The van der Waals surface area contributed by atoms with Gasteiger partial charge in [0.2, 0.25) is 11.4 Å². The highest BCUT2D eigenvalue weighted by molar-refractivity contribution is 6.35. The number of ketones is 2. The number of rotatable bonds is 9. The van der Waals surface area contributed by atoms with Crippen molar-refractivity contribution in [3.63, 3.8) is 0 Å². The number of aliphatic imine (C=N–C) groups is 1. The summed E-state index contributed by atoms with van der Waals surface area (Å²) in [7, 11) is 5.90. The molecule has 0 saturated heterocycles. The quantitative estimate of drug-likeness (QED) is 0.343. The molecule has 3 unspecified atom stereocenters. The molecule has 2 heterocycles. The van der Waals surface area contributed by atoms with Gasteiger partial charge >= 0.3 is 0 Å². The molecule has 0 bridgehead atoms. The Balaban J connectivity index is 1.61. The van der Waals surface area contributed by atoms with Crippen molar-refractivity contribution in [2.24, 2.45) is 10.9 Å². The molecule has 0 saturated carbocycles. The number of aromatic nitrogens is 3. The molecule has 42 heavy (non-hydrogen) atoms. The molecule has 1 spiro atoms. The minimum atomic E-state index is -1.92. The van der Waals surface area contributed by atoms with Crippen molar-refractivity contribution in [2.45, 2.75) is 31.6 Å². The number of benzene rings is 2. The van der Waals surface area contributed by atoms with E-state index < -0.39 is 34.9 Å². The number of aliphatic hydroxyl groups is 1. The number of ether oxygens (including phenoxy) is 5. The molecule has 3 aromatic rings. The summed E-state index contributed by atoms with van der Waals surface area (Å²) in [5, 5.41) is 18.7. The number of hydrogen-bond donors (Lipinski definition) is 2. The van der Waals surface area contributed by atoms with Gasteiger partial charge in [-0.3, -0.25) is 19.7 Å². The first kappa shape index (κ1) is 29.1. The maximum Gasteiger partial charge on any atom is 0.231 e. The second-order valence-corrected chi connectivity index (χ2v) is 10.2. The van der Waals surface area contributed by atoms with Crippen LogP contribution in [0.2, 0.25) is 5.02 Å². The SMILES string of the molecule is COCc1nc(C(N=CC2=C(O)C3(Oc4c(Cl)c(OC)cc(OC)c4C3=O)C(C)CC2=O)c2ccc(OC)cc2)n[nH]1. The predicted molar refractivity (Wildman–Crippen MR) is 151 cm³/mol. The highest BCUT2D eigenvalue weighted by Crippen LogP contribution is 2.54. The fraction of sp³-hybridized carbons (Fsp3) is 0.345. The molecule has 220 valence electrons. The number of carbonyl (C=O) groups is 2. The smallest absolute Gasteiger partial charge is 0.231 e. The number of Topliss-reactive ketones (excluding diaryl/α,β-unsaturated/α-hetero) is 2. The molecule has 13 heteroatoms. The van der Waals surface area contributed by atoms with E-state index in [4.69, 9.17) is 35.3 Å². The lowest BCUT2D eigenvalue weighted by atomic mass is 9.73. The Labute approximate surface area is 246 Å². The summed E-state index contributed by atoms with van der Waals surface area (Å²) < 4.78 is 27.3. The summed E-state index contributed by atoms with van der Waals surface area (Å²) in [5.74, 6) is -0.504. The van der Waals surface area contributed by atoms with E-state index in [1.165, 1.54) is 33.6 Å². The van der Waals surface area contributed by atoms with Gasteiger partial charge in [0.05, 0.1) is 26.9 Å². The van der Waals surface area contributed by atoms with Crippen molar-refractivity contribution in [1.29, 1.82) is 0 Å². The van der Waals surface area contributed by atoms with E-state index in [0.29, 0.717) is 23.0 Å². The highest BCUT2D eigenvalue weighted by atomic mass is 35.5. The Kier molecular flexibility index (Phi) is 7.93. The molecule has 0 fully saturated rings. The van der Waals surface area contributed by atoms with Gasteiger partial charge in [0, 0.05) is 31.7 Å². The van der Waals surface area contributed by atoms with Crippen LogP contribution in [-0.4, -0.2) is 72.1 Å². The second-order valence-electron chi connectivity index (χ2n) is 9.78. The lowest BCUT2D eigenvalue weighted by Crippen LogP contribution is -2.52. The van der Waals surface area contributed by atoms with E-state index in [9.17, 15) is 14.7 Å². The summed E-state index contributed by atoms with van der Waals surface area (Å²) in [4.78, 5) is 36.3. The number of aliphatic hydroxyl groups excluding tert-OH is 1. The standard InChI is InChI=1S/C29H29ClN4O8/c1-14-10-18(35)17(26(36)29(14)27(37)22-19(40-4)11-20(41-5)23(30)25(22)42-29)12-31-24(15-6-8-16(39-3)9-7-15)28-32-21(13-38-2)33-34-28/h6-9,11-12,14,24,36H,10,13H2,1-5H3,(H,32,33,34). The molecule has 2 N–H and O–H groups in total. The molecule has 5 rings (SSSR count). The van der Waals surface area contributed by atoms with E-state index in [0.717, 1.165) is 0 Å². The molecular weight excluding hydrogens is 568 g/mol. The predicted octanol–water partition coefficient (Wildman–Crippen LogP) is 4.23. The summed E-state index contributed by atoms with van der Waals surface area (Å²) in [6.45, 7) is 1.85. The van der Waals surface area contributed by atoms with Gasteiger partial charge in [-0.15, -0.1) is 0 Å². The largest absolute Gasteiger partial charge is 0.507 e. The number of nitrogens with one attached hydrogen (secondary N) is 1. The highest BCUT2D eigenvalue weighted by Gasteiger charge is 2.60. The van der Waals surface area contributed by atoms with Crippen LogP contribution >= 0.6 is 11.6 Å². The van der Waals surface area contributed by atoms with Crippen molar-refractivity contribution in [3.8, 4) is 23.0 Å². The third kappa shape index (κ3) is 4.66. The van der Waals surface area contributed by atoms with Gasteiger partial charge in [0.25, 0.3) is 0 Å². The molecule has 1 aromatic heterocycles. The van der Waals surface area contributed by atoms with Crippen molar-refractivity contribution in [3.05, 3.63) is 69.5 Å². The number of allylic oxidation sites excluding steroid dienone is 1. The molecular formula is C29H29ClN4O8. The molecule has 2 aliphatic rings. The Morgan fingerprint density at radius 2 is 1.88 bits per heavy atom. The molecule has 0 amide bonds. The van der Waals surface area contributed by atoms with E-state index in [1.807, 2.05) is 0 Å². The molecule has 1 aliphatic heterocycles. The van der Waals surface area contributed by atoms with Crippen LogP contribution in [0.3, 0.4) is 0 Å². The molecule has 3 atom stereocenters. The van der Waals surface area contributed by atoms with Gasteiger partial charge in [0.1, 0.15) is 40.5 Å². The normalized spacial score (nSPS) is 20.7. The van der Waals surface area contributed by atoms with Crippen molar-refractivity contribution >= 4 is 29.4 Å². The molecule has 1 aliphatic carbocycles. The average molecular weight is 597 g/mol. The number of nitrogens with zero attached hydrogens (tertiary/aromatic N) is 3. The fourth-order valence-corrected chi connectivity index (χ4v) is 5.45.